The fourth-order valence-corrected chi connectivity index (χ4v) is 3.90. The lowest BCUT2D eigenvalue weighted by Gasteiger charge is -2.14. The molecule has 0 atom stereocenters. The number of nitrogens with one attached hydrogen (secondary N) is 1. The van der Waals surface area contributed by atoms with Gasteiger partial charge in [-0.2, -0.15) is 0 Å². The van der Waals surface area contributed by atoms with Crippen molar-refractivity contribution < 1.29 is 13.2 Å². The molecule has 0 fully saturated rings. The highest BCUT2D eigenvalue weighted by atomic mass is 32.2. The maximum atomic E-state index is 12.9. The maximum Gasteiger partial charge on any atom is 0.262 e. The van der Waals surface area contributed by atoms with Crippen LogP contribution in [0.1, 0.15) is 11.1 Å². The van der Waals surface area contributed by atoms with E-state index < -0.39 is 10.0 Å². The molecule has 0 unspecified atom stereocenters. The molecule has 6 heteroatoms. The van der Waals surface area contributed by atoms with Gasteiger partial charge < -0.3 is 4.74 Å². The first kappa shape index (κ1) is 16.3. The van der Waals surface area contributed by atoms with E-state index in [2.05, 4.69) is 9.71 Å². The van der Waals surface area contributed by atoms with E-state index >= 15 is 0 Å². The summed E-state index contributed by atoms with van der Waals surface area (Å²) in [7, 11) is -2.22. The van der Waals surface area contributed by atoms with Crippen LogP contribution in [0.5, 0.6) is 5.75 Å². The Kier molecular flexibility index (Phi) is 4.15. The molecule has 3 aromatic rings. The minimum absolute atomic E-state index is 0.173. The van der Waals surface area contributed by atoms with Gasteiger partial charge in [-0.15, -0.1) is 0 Å². The lowest BCUT2D eigenvalue weighted by molar-refractivity contribution is 0.418. The first-order valence-electron chi connectivity index (χ1n) is 7.45. The molecule has 1 heterocycles. The second-order valence-electron chi connectivity index (χ2n) is 5.52. The van der Waals surface area contributed by atoms with Crippen LogP contribution >= 0.6 is 0 Å². The molecule has 1 N–H and O–H groups in total. The third-order valence-electron chi connectivity index (χ3n) is 4.05. The molecule has 0 aliphatic carbocycles. The summed E-state index contributed by atoms with van der Waals surface area (Å²) in [5.41, 5.74) is 3.01. The number of methoxy groups -OCH3 is 1. The van der Waals surface area contributed by atoms with E-state index in [1.807, 2.05) is 26.0 Å². The van der Waals surface area contributed by atoms with Gasteiger partial charge in [0.1, 0.15) is 11.3 Å². The molecule has 0 saturated heterocycles. The van der Waals surface area contributed by atoms with Crippen molar-refractivity contribution in [1.29, 1.82) is 0 Å². The Bertz CT molecular complexity index is 1010. The van der Waals surface area contributed by atoms with E-state index in [9.17, 15) is 8.42 Å². The summed E-state index contributed by atoms with van der Waals surface area (Å²) in [6.07, 6.45) is 1.61. The number of sulfonamides is 1. The van der Waals surface area contributed by atoms with Gasteiger partial charge in [0.25, 0.3) is 10.0 Å². The molecule has 0 aliphatic rings. The van der Waals surface area contributed by atoms with Crippen molar-refractivity contribution in [2.75, 3.05) is 11.8 Å². The van der Waals surface area contributed by atoms with E-state index in [0.717, 1.165) is 11.1 Å². The van der Waals surface area contributed by atoms with Crippen LogP contribution in [0.3, 0.4) is 0 Å². The first-order valence-corrected chi connectivity index (χ1v) is 8.93. The summed E-state index contributed by atoms with van der Waals surface area (Å²) in [4.78, 5) is 4.42. The number of ether oxygens (including phenoxy) is 1. The third kappa shape index (κ3) is 2.80. The Hall–Kier alpha value is -2.60. The van der Waals surface area contributed by atoms with E-state index in [1.54, 1.807) is 30.5 Å². The second kappa shape index (κ2) is 6.13. The van der Waals surface area contributed by atoms with Crippen LogP contribution in [-0.2, 0) is 10.0 Å². The van der Waals surface area contributed by atoms with Gasteiger partial charge in [0.15, 0.2) is 0 Å². The van der Waals surface area contributed by atoms with Crippen LogP contribution < -0.4 is 9.46 Å². The summed E-state index contributed by atoms with van der Waals surface area (Å²) >= 11 is 0. The molecule has 1 aromatic heterocycles. The fourth-order valence-electron chi connectivity index (χ4n) is 2.58. The highest BCUT2D eigenvalue weighted by molar-refractivity contribution is 7.93. The molecular formula is C18H18N2O3S. The predicted molar refractivity (Wildman–Crippen MR) is 95.0 cm³/mol. The van der Waals surface area contributed by atoms with Crippen LogP contribution in [-0.4, -0.2) is 20.5 Å². The molecule has 0 bridgehead atoms. The first-order chi connectivity index (χ1) is 11.4. The zero-order valence-corrected chi connectivity index (χ0v) is 14.5. The number of hydrogen-bond acceptors (Lipinski definition) is 4. The Morgan fingerprint density at radius 3 is 2.58 bits per heavy atom. The Labute approximate surface area is 141 Å². The number of anilines is 1. The average molecular weight is 342 g/mol. The summed E-state index contributed by atoms with van der Waals surface area (Å²) in [5.74, 6) is 0.538. The normalized spacial score (nSPS) is 11.5. The Morgan fingerprint density at radius 2 is 1.83 bits per heavy atom. The molecule has 2 aromatic carbocycles. The minimum atomic E-state index is -3.75. The quantitative estimate of drug-likeness (QED) is 0.785. The largest absolute Gasteiger partial charge is 0.494 e. The van der Waals surface area contributed by atoms with Crippen LogP contribution in [0.25, 0.3) is 10.9 Å². The molecule has 0 amide bonds. The molecule has 5 nitrogen and oxygen atoms in total. The van der Waals surface area contributed by atoms with Crippen molar-refractivity contribution in [2.24, 2.45) is 0 Å². The van der Waals surface area contributed by atoms with Crippen molar-refractivity contribution in [3.63, 3.8) is 0 Å². The van der Waals surface area contributed by atoms with Gasteiger partial charge in [-0.05, 0) is 55.3 Å². The number of nitrogens with zero attached hydrogens (tertiary/aromatic N) is 1. The SMILES string of the molecule is COc1ccc(S(=O)(=O)Nc2cccc(C)c2C)c2cccnc12. The number of rotatable bonds is 4. The second-order valence-corrected chi connectivity index (χ2v) is 7.17. The summed E-state index contributed by atoms with van der Waals surface area (Å²) < 4.78 is 33.7. The van der Waals surface area contributed by atoms with E-state index in [1.165, 1.54) is 13.2 Å². The number of aryl methyl sites for hydroxylation is 1. The van der Waals surface area contributed by atoms with Crippen LogP contribution in [0.4, 0.5) is 5.69 Å². The van der Waals surface area contributed by atoms with E-state index in [-0.39, 0.29) is 4.90 Å². The molecule has 0 aliphatic heterocycles. The number of pyridine rings is 1. The molecule has 0 spiro atoms. The lowest BCUT2D eigenvalue weighted by Crippen LogP contribution is -2.14. The van der Waals surface area contributed by atoms with Crippen LogP contribution in [0.15, 0.2) is 53.6 Å². The van der Waals surface area contributed by atoms with Gasteiger partial charge in [0, 0.05) is 11.6 Å². The van der Waals surface area contributed by atoms with Crippen molar-refractivity contribution in [2.45, 2.75) is 18.7 Å². The molecule has 0 saturated carbocycles. The summed E-state index contributed by atoms with van der Waals surface area (Å²) in [6.45, 7) is 3.83. The van der Waals surface area contributed by atoms with Crippen LogP contribution in [0.2, 0.25) is 0 Å². The monoisotopic (exact) mass is 342 g/mol. The number of benzene rings is 2. The van der Waals surface area contributed by atoms with Crippen molar-refractivity contribution in [3.8, 4) is 5.75 Å². The zero-order valence-electron chi connectivity index (χ0n) is 13.7. The van der Waals surface area contributed by atoms with E-state index in [4.69, 9.17) is 4.74 Å². The number of aromatic nitrogens is 1. The van der Waals surface area contributed by atoms with Gasteiger partial charge >= 0.3 is 0 Å². The average Bonchev–Trinajstić information content (AvgIpc) is 2.57. The van der Waals surface area contributed by atoms with Crippen LogP contribution in [0, 0.1) is 13.8 Å². The Balaban J connectivity index is 2.14. The van der Waals surface area contributed by atoms with E-state index in [0.29, 0.717) is 22.3 Å². The topological polar surface area (TPSA) is 68.3 Å². The Morgan fingerprint density at radius 1 is 1.04 bits per heavy atom. The molecule has 24 heavy (non-hydrogen) atoms. The van der Waals surface area contributed by atoms with Crippen molar-refractivity contribution >= 4 is 26.6 Å². The van der Waals surface area contributed by atoms with Gasteiger partial charge in [0.2, 0.25) is 0 Å². The molecule has 3 rings (SSSR count). The van der Waals surface area contributed by atoms with Gasteiger partial charge in [-0.1, -0.05) is 12.1 Å². The summed E-state index contributed by atoms with van der Waals surface area (Å²) in [5, 5.41) is 0.523. The maximum absolute atomic E-state index is 12.9. The van der Waals surface area contributed by atoms with Crippen molar-refractivity contribution in [1.82, 2.24) is 4.98 Å². The zero-order chi connectivity index (χ0) is 17.3. The number of hydrogen-bond donors (Lipinski definition) is 1. The molecular weight excluding hydrogens is 324 g/mol. The van der Waals surface area contributed by atoms with Gasteiger partial charge in [0.05, 0.1) is 17.7 Å². The molecule has 0 radical (unpaired) electrons. The van der Waals surface area contributed by atoms with Gasteiger partial charge in [-0.3, -0.25) is 9.71 Å². The lowest BCUT2D eigenvalue weighted by atomic mass is 10.1. The minimum Gasteiger partial charge on any atom is -0.494 e. The fraction of sp³-hybridized carbons (Fsp3) is 0.167. The highest BCUT2D eigenvalue weighted by Gasteiger charge is 2.20. The smallest absolute Gasteiger partial charge is 0.262 e. The summed E-state index contributed by atoms with van der Waals surface area (Å²) in [6, 6.07) is 12.1. The van der Waals surface area contributed by atoms with Gasteiger partial charge in [-0.25, -0.2) is 8.42 Å². The molecule has 124 valence electrons. The number of fused-ring (bicyclic) bond motifs is 1. The van der Waals surface area contributed by atoms with Crippen molar-refractivity contribution in [3.05, 3.63) is 59.8 Å². The predicted octanol–water partition coefficient (Wildman–Crippen LogP) is 3.66. The standard InChI is InChI=1S/C18H18N2O3S/c1-12-6-4-8-15(13(12)2)20-24(21,22)17-10-9-16(23-3)18-14(17)7-5-11-19-18/h4-11,20H,1-3H3. The highest BCUT2D eigenvalue weighted by Crippen LogP contribution is 2.31. The third-order valence-corrected chi connectivity index (χ3v) is 5.47.